The molecule has 0 fully saturated rings. The lowest BCUT2D eigenvalue weighted by Crippen LogP contribution is -2.38. The second kappa shape index (κ2) is 9.32. The van der Waals surface area contributed by atoms with Gasteiger partial charge in [0.1, 0.15) is 11.5 Å². The summed E-state index contributed by atoms with van der Waals surface area (Å²) in [6.45, 7) is 1.14. The van der Waals surface area contributed by atoms with E-state index in [1.807, 2.05) is 18.2 Å². The molecule has 1 aliphatic rings. The fraction of sp³-hybridized carbons (Fsp3) is 0.208. The van der Waals surface area contributed by atoms with E-state index in [-0.39, 0.29) is 17.4 Å². The topological polar surface area (TPSA) is 84.9 Å². The summed E-state index contributed by atoms with van der Waals surface area (Å²) in [4.78, 5) is 14.4. The average molecular weight is 453 g/mol. The van der Waals surface area contributed by atoms with Gasteiger partial charge in [-0.05, 0) is 66.1 Å². The van der Waals surface area contributed by atoms with Gasteiger partial charge in [0, 0.05) is 18.8 Å². The lowest BCUT2D eigenvalue weighted by molar-refractivity contribution is -0.134. The molecule has 1 amide bonds. The van der Waals surface area contributed by atoms with Gasteiger partial charge < -0.3 is 14.4 Å². The third-order valence-corrected chi connectivity index (χ3v) is 6.72. The number of hydrogen-bond acceptors (Lipinski definition) is 5. The van der Waals surface area contributed by atoms with E-state index in [0.717, 1.165) is 12.0 Å². The first kappa shape index (κ1) is 21.7. The van der Waals surface area contributed by atoms with Gasteiger partial charge in [-0.25, -0.2) is 8.42 Å². The number of carbonyl (C=O) groups excluding carboxylic acids is 1. The van der Waals surface area contributed by atoms with E-state index in [0.29, 0.717) is 30.3 Å². The standard InChI is InChI=1S/C24H24N2O5S/c1-30-21-8-6-20(7-9-21)25-32(28,29)23-12-10-22(11-13-23)31-17-24(27)26-15-14-18-4-2-3-5-19(18)16-26/h2-13,25H,14-17H2,1H3. The van der Waals surface area contributed by atoms with Crippen LogP contribution in [0.5, 0.6) is 11.5 Å². The highest BCUT2D eigenvalue weighted by molar-refractivity contribution is 7.92. The minimum absolute atomic E-state index is 0.0969. The Labute approximate surface area is 187 Å². The van der Waals surface area contributed by atoms with Crippen molar-refractivity contribution in [1.29, 1.82) is 0 Å². The summed E-state index contributed by atoms with van der Waals surface area (Å²) in [6, 6.07) is 20.7. The molecule has 8 heteroatoms. The lowest BCUT2D eigenvalue weighted by Gasteiger charge is -2.28. The second-order valence-electron chi connectivity index (χ2n) is 7.43. The first-order valence-corrected chi connectivity index (χ1v) is 11.7. The molecule has 0 aliphatic carbocycles. The maximum atomic E-state index is 12.6. The smallest absolute Gasteiger partial charge is 0.261 e. The molecule has 0 radical (unpaired) electrons. The maximum Gasteiger partial charge on any atom is 0.261 e. The average Bonchev–Trinajstić information content (AvgIpc) is 2.82. The highest BCUT2D eigenvalue weighted by Gasteiger charge is 2.21. The van der Waals surface area contributed by atoms with Gasteiger partial charge in [0.15, 0.2) is 6.61 Å². The number of nitrogens with zero attached hydrogens (tertiary/aromatic N) is 1. The van der Waals surface area contributed by atoms with Crippen molar-refractivity contribution in [3.63, 3.8) is 0 Å². The van der Waals surface area contributed by atoms with Crippen LogP contribution in [-0.4, -0.2) is 39.5 Å². The zero-order valence-electron chi connectivity index (χ0n) is 17.7. The van der Waals surface area contributed by atoms with Crippen LogP contribution < -0.4 is 14.2 Å². The van der Waals surface area contributed by atoms with Gasteiger partial charge in [-0.3, -0.25) is 9.52 Å². The van der Waals surface area contributed by atoms with E-state index < -0.39 is 10.0 Å². The van der Waals surface area contributed by atoms with Crippen LogP contribution >= 0.6 is 0 Å². The quantitative estimate of drug-likeness (QED) is 0.594. The van der Waals surface area contributed by atoms with Crippen molar-refractivity contribution in [2.75, 3.05) is 25.0 Å². The molecule has 0 unspecified atom stereocenters. The van der Waals surface area contributed by atoms with E-state index in [1.54, 1.807) is 48.4 Å². The van der Waals surface area contributed by atoms with Crippen LogP contribution in [0.4, 0.5) is 5.69 Å². The molecule has 0 spiro atoms. The summed E-state index contributed by atoms with van der Waals surface area (Å²) < 4.78 is 38.4. The minimum Gasteiger partial charge on any atom is -0.497 e. The Morgan fingerprint density at radius 3 is 2.28 bits per heavy atom. The summed E-state index contributed by atoms with van der Waals surface area (Å²) in [5, 5.41) is 0. The van der Waals surface area contributed by atoms with Gasteiger partial charge in [0.25, 0.3) is 15.9 Å². The Morgan fingerprint density at radius 1 is 0.938 bits per heavy atom. The largest absolute Gasteiger partial charge is 0.497 e. The summed E-state index contributed by atoms with van der Waals surface area (Å²) >= 11 is 0. The molecule has 166 valence electrons. The number of rotatable bonds is 7. The number of anilines is 1. The normalized spacial score (nSPS) is 13.2. The summed E-state index contributed by atoms with van der Waals surface area (Å²) in [7, 11) is -2.20. The van der Waals surface area contributed by atoms with Crippen LogP contribution in [0.25, 0.3) is 0 Å². The van der Waals surface area contributed by atoms with Crippen LogP contribution in [0, 0.1) is 0 Å². The van der Waals surface area contributed by atoms with Gasteiger partial charge in [-0.2, -0.15) is 0 Å². The predicted octanol–water partition coefficient (Wildman–Crippen LogP) is 3.46. The molecule has 3 aromatic carbocycles. The molecule has 1 heterocycles. The van der Waals surface area contributed by atoms with Crippen molar-refractivity contribution in [3.05, 3.63) is 83.9 Å². The lowest BCUT2D eigenvalue weighted by atomic mass is 10.00. The third kappa shape index (κ3) is 5.03. The first-order valence-electron chi connectivity index (χ1n) is 10.2. The minimum atomic E-state index is -3.75. The van der Waals surface area contributed by atoms with Crippen LogP contribution in [0.3, 0.4) is 0 Å². The summed E-state index contributed by atoms with van der Waals surface area (Å²) in [6.07, 6.45) is 0.829. The van der Waals surface area contributed by atoms with Crippen LogP contribution in [0.1, 0.15) is 11.1 Å². The van der Waals surface area contributed by atoms with Gasteiger partial charge in [-0.15, -0.1) is 0 Å². The molecule has 0 aromatic heterocycles. The van der Waals surface area contributed by atoms with Crippen LogP contribution in [-0.2, 0) is 27.8 Å². The SMILES string of the molecule is COc1ccc(NS(=O)(=O)c2ccc(OCC(=O)N3CCc4ccccc4C3)cc2)cc1. The number of hydrogen-bond donors (Lipinski definition) is 1. The number of amides is 1. The number of ether oxygens (including phenoxy) is 2. The fourth-order valence-corrected chi connectivity index (χ4v) is 4.59. The van der Waals surface area contributed by atoms with Crippen molar-refractivity contribution < 1.29 is 22.7 Å². The number of benzene rings is 3. The molecule has 1 N–H and O–H groups in total. The zero-order chi connectivity index (χ0) is 22.6. The maximum absolute atomic E-state index is 12.6. The number of sulfonamides is 1. The van der Waals surface area contributed by atoms with Crippen molar-refractivity contribution in [1.82, 2.24) is 4.90 Å². The molecule has 32 heavy (non-hydrogen) atoms. The molecule has 3 aromatic rings. The van der Waals surface area contributed by atoms with Gasteiger partial charge >= 0.3 is 0 Å². The van der Waals surface area contributed by atoms with Crippen LogP contribution in [0.2, 0.25) is 0 Å². The number of fused-ring (bicyclic) bond motifs is 1. The second-order valence-corrected chi connectivity index (χ2v) is 9.11. The molecule has 4 rings (SSSR count). The molecule has 0 saturated carbocycles. The monoisotopic (exact) mass is 452 g/mol. The molecule has 1 aliphatic heterocycles. The fourth-order valence-electron chi connectivity index (χ4n) is 3.53. The van der Waals surface area contributed by atoms with E-state index in [9.17, 15) is 13.2 Å². The van der Waals surface area contributed by atoms with Gasteiger partial charge in [0.2, 0.25) is 0 Å². The highest BCUT2D eigenvalue weighted by atomic mass is 32.2. The third-order valence-electron chi connectivity index (χ3n) is 5.32. The Balaban J connectivity index is 1.33. The van der Waals surface area contributed by atoms with Crippen molar-refractivity contribution >= 4 is 21.6 Å². The molecular formula is C24H24N2O5S. The number of nitrogens with one attached hydrogen (secondary N) is 1. The first-order chi connectivity index (χ1) is 15.4. The summed E-state index contributed by atoms with van der Waals surface area (Å²) in [5.41, 5.74) is 2.86. The Morgan fingerprint density at radius 2 is 1.59 bits per heavy atom. The van der Waals surface area contributed by atoms with E-state index >= 15 is 0 Å². The van der Waals surface area contributed by atoms with E-state index in [4.69, 9.17) is 9.47 Å². The molecular weight excluding hydrogens is 428 g/mol. The Kier molecular flexibility index (Phi) is 6.32. The van der Waals surface area contributed by atoms with Crippen molar-refractivity contribution in [2.24, 2.45) is 0 Å². The molecule has 0 bridgehead atoms. The number of carbonyl (C=O) groups is 1. The van der Waals surface area contributed by atoms with Crippen LogP contribution in [0.15, 0.2) is 77.7 Å². The van der Waals surface area contributed by atoms with Crippen molar-refractivity contribution in [2.45, 2.75) is 17.9 Å². The summed E-state index contributed by atoms with van der Waals surface area (Å²) in [5.74, 6) is 0.967. The van der Waals surface area contributed by atoms with E-state index in [2.05, 4.69) is 10.8 Å². The Hall–Kier alpha value is -3.52. The highest BCUT2D eigenvalue weighted by Crippen LogP contribution is 2.22. The zero-order valence-corrected chi connectivity index (χ0v) is 18.5. The molecule has 7 nitrogen and oxygen atoms in total. The molecule has 0 atom stereocenters. The van der Waals surface area contributed by atoms with Gasteiger partial charge in [-0.1, -0.05) is 24.3 Å². The Bertz CT molecular complexity index is 1190. The molecule has 0 saturated heterocycles. The number of methoxy groups -OCH3 is 1. The van der Waals surface area contributed by atoms with E-state index in [1.165, 1.54) is 17.7 Å². The van der Waals surface area contributed by atoms with Crippen molar-refractivity contribution in [3.8, 4) is 11.5 Å². The predicted molar refractivity (Wildman–Crippen MR) is 121 cm³/mol. The van der Waals surface area contributed by atoms with Gasteiger partial charge in [0.05, 0.1) is 12.0 Å².